The Morgan fingerprint density at radius 1 is 1.05 bits per heavy atom. The highest BCUT2D eigenvalue weighted by Gasteiger charge is 2.48. The first-order valence-electron chi connectivity index (χ1n) is 7.86. The van der Waals surface area contributed by atoms with Crippen molar-refractivity contribution in [2.75, 3.05) is 33.4 Å². The second kappa shape index (κ2) is 7.28. The fourth-order valence-corrected chi connectivity index (χ4v) is 3.83. The van der Waals surface area contributed by atoms with Gasteiger partial charge in [-0.2, -0.15) is 0 Å². The smallest absolute Gasteiger partial charge is 0.168 e. The van der Waals surface area contributed by atoms with E-state index in [1.807, 2.05) is 0 Å². The third-order valence-corrected chi connectivity index (χ3v) is 5.13. The summed E-state index contributed by atoms with van der Waals surface area (Å²) in [5.74, 6) is -0.349. The molecule has 5 heteroatoms. The summed E-state index contributed by atoms with van der Waals surface area (Å²) in [7, 11) is 2.11. The largest absolute Gasteiger partial charge is 0.395 e. The van der Waals surface area contributed by atoms with Gasteiger partial charge in [0.25, 0.3) is 0 Å². The van der Waals surface area contributed by atoms with Crippen LogP contribution in [-0.4, -0.2) is 49.2 Å². The molecule has 0 bridgehead atoms. The fourth-order valence-electron chi connectivity index (χ4n) is 3.83. The van der Waals surface area contributed by atoms with Gasteiger partial charge in [0.1, 0.15) is 0 Å². The molecule has 2 aliphatic rings. The Morgan fingerprint density at radius 3 is 2.18 bits per heavy atom. The van der Waals surface area contributed by atoms with Crippen LogP contribution in [0.5, 0.6) is 0 Å². The maximum atomic E-state index is 9.34. The van der Waals surface area contributed by atoms with Crippen molar-refractivity contribution < 1.29 is 14.6 Å². The van der Waals surface area contributed by atoms with Gasteiger partial charge in [0.2, 0.25) is 0 Å². The van der Waals surface area contributed by atoms with Gasteiger partial charge in [-0.25, -0.2) is 0 Å². The molecule has 1 heterocycles. The molecule has 3 rings (SSSR count). The van der Waals surface area contributed by atoms with E-state index in [1.54, 1.807) is 0 Å². The van der Waals surface area contributed by atoms with E-state index in [2.05, 4.69) is 42.3 Å². The molecule has 1 saturated heterocycles. The zero-order valence-corrected chi connectivity index (χ0v) is 14.0. The minimum absolute atomic E-state index is 0. The number of hydrogen-bond acceptors (Lipinski definition) is 4. The Labute approximate surface area is 138 Å². The molecule has 0 aromatic heterocycles. The molecule has 1 saturated carbocycles. The van der Waals surface area contributed by atoms with Crippen molar-refractivity contribution in [2.45, 2.75) is 37.0 Å². The van der Waals surface area contributed by atoms with Crippen molar-refractivity contribution in [3.63, 3.8) is 0 Å². The molecule has 0 atom stereocenters. The fraction of sp³-hybridized carbons (Fsp3) is 0.647. The Balaban J connectivity index is 0.00000176. The molecule has 1 spiro atoms. The van der Waals surface area contributed by atoms with Crippen molar-refractivity contribution >= 4 is 12.4 Å². The SMILES string of the molecule is CN(CCO)C1(c2ccccc2)CCC2(CC1)OCCO2.Cl. The summed E-state index contributed by atoms with van der Waals surface area (Å²) in [5, 5.41) is 9.34. The molecule has 4 nitrogen and oxygen atoms in total. The summed E-state index contributed by atoms with van der Waals surface area (Å²) < 4.78 is 11.7. The first-order valence-corrected chi connectivity index (χ1v) is 7.86. The van der Waals surface area contributed by atoms with E-state index in [4.69, 9.17) is 9.47 Å². The molecule has 0 unspecified atom stereocenters. The van der Waals surface area contributed by atoms with E-state index < -0.39 is 0 Å². The molecule has 1 aliphatic carbocycles. The van der Waals surface area contributed by atoms with Crippen molar-refractivity contribution in [1.29, 1.82) is 0 Å². The van der Waals surface area contributed by atoms with Gasteiger partial charge < -0.3 is 14.6 Å². The molecule has 124 valence electrons. The van der Waals surface area contributed by atoms with E-state index in [0.29, 0.717) is 19.8 Å². The van der Waals surface area contributed by atoms with E-state index in [-0.39, 0.29) is 30.3 Å². The average molecular weight is 328 g/mol. The van der Waals surface area contributed by atoms with Crippen LogP contribution in [0, 0.1) is 0 Å². The first kappa shape index (κ1) is 17.7. The van der Waals surface area contributed by atoms with Crippen molar-refractivity contribution in [2.24, 2.45) is 0 Å². The molecular formula is C17H26ClNO3. The molecule has 0 radical (unpaired) electrons. The van der Waals surface area contributed by atoms with Gasteiger partial charge in [-0.1, -0.05) is 30.3 Å². The first-order chi connectivity index (χ1) is 10.2. The van der Waals surface area contributed by atoms with E-state index in [9.17, 15) is 5.11 Å². The van der Waals surface area contributed by atoms with Gasteiger partial charge >= 0.3 is 0 Å². The average Bonchev–Trinajstić information content (AvgIpc) is 2.98. The lowest BCUT2D eigenvalue weighted by Crippen LogP contribution is -2.51. The number of aliphatic hydroxyl groups is 1. The minimum atomic E-state index is -0.349. The number of hydrogen-bond donors (Lipinski definition) is 1. The van der Waals surface area contributed by atoms with Crippen LogP contribution >= 0.6 is 12.4 Å². The number of ether oxygens (including phenoxy) is 2. The maximum absolute atomic E-state index is 9.34. The number of halogens is 1. The zero-order valence-electron chi connectivity index (χ0n) is 13.2. The second-order valence-electron chi connectivity index (χ2n) is 6.15. The third kappa shape index (κ3) is 3.17. The van der Waals surface area contributed by atoms with Gasteiger partial charge in [-0.3, -0.25) is 4.90 Å². The van der Waals surface area contributed by atoms with Crippen LogP contribution in [0.1, 0.15) is 31.2 Å². The summed E-state index contributed by atoms with van der Waals surface area (Å²) in [4.78, 5) is 2.30. The molecule has 1 aromatic rings. The van der Waals surface area contributed by atoms with Crippen LogP contribution in [0.3, 0.4) is 0 Å². The molecule has 1 aromatic carbocycles. The Morgan fingerprint density at radius 2 is 1.64 bits per heavy atom. The van der Waals surface area contributed by atoms with E-state index >= 15 is 0 Å². The summed E-state index contributed by atoms with van der Waals surface area (Å²) in [6, 6.07) is 10.6. The van der Waals surface area contributed by atoms with Gasteiger partial charge in [0, 0.05) is 24.9 Å². The van der Waals surface area contributed by atoms with E-state index in [1.165, 1.54) is 5.56 Å². The van der Waals surface area contributed by atoms with Crippen molar-refractivity contribution in [3.8, 4) is 0 Å². The number of aliphatic hydroxyl groups excluding tert-OH is 1. The Bertz CT molecular complexity index is 452. The number of likely N-dealkylation sites (N-methyl/N-ethyl adjacent to an activating group) is 1. The van der Waals surface area contributed by atoms with E-state index in [0.717, 1.165) is 25.7 Å². The molecule has 1 aliphatic heterocycles. The van der Waals surface area contributed by atoms with Gasteiger partial charge in [0.05, 0.1) is 19.8 Å². The maximum Gasteiger partial charge on any atom is 0.168 e. The quantitative estimate of drug-likeness (QED) is 0.923. The van der Waals surface area contributed by atoms with Crippen molar-refractivity contribution in [1.82, 2.24) is 4.90 Å². The van der Waals surface area contributed by atoms with Crippen molar-refractivity contribution in [3.05, 3.63) is 35.9 Å². The predicted molar refractivity (Wildman–Crippen MR) is 88.2 cm³/mol. The highest BCUT2D eigenvalue weighted by molar-refractivity contribution is 5.85. The summed E-state index contributed by atoms with van der Waals surface area (Å²) in [5.41, 5.74) is 1.30. The summed E-state index contributed by atoms with van der Waals surface area (Å²) in [6.07, 6.45) is 3.82. The molecule has 1 N–H and O–H groups in total. The molecule has 22 heavy (non-hydrogen) atoms. The van der Waals surface area contributed by atoms with Gasteiger partial charge in [0.15, 0.2) is 5.79 Å². The summed E-state index contributed by atoms with van der Waals surface area (Å²) >= 11 is 0. The van der Waals surface area contributed by atoms with Crippen LogP contribution in [0.2, 0.25) is 0 Å². The third-order valence-electron chi connectivity index (χ3n) is 5.13. The van der Waals surface area contributed by atoms with Crippen LogP contribution in [0.4, 0.5) is 0 Å². The normalized spacial score (nSPS) is 22.7. The lowest BCUT2D eigenvalue weighted by atomic mass is 9.73. The standard InChI is InChI=1S/C17H25NO3.ClH/c1-18(11-12-19)16(15-5-3-2-4-6-15)7-9-17(10-8-16)20-13-14-21-17;/h2-6,19H,7-14H2,1H3;1H. The zero-order chi connectivity index (χ0) is 14.8. The van der Waals surface area contributed by atoms with Crippen LogP contribution in [0.25, 0.3) is 0 Å². The lowest BCUT2D eigenvalue weighted by Gasteiger charge is -2.49. The molecular weight excluding hydrogens is 302 g/mol. The lowest BCUT2D eigenvalue weighted by molar-refractivity contribution is -0.195. The van der Waals surface area contributed by atoms with Crippen LogP contribution in [-0.2, 0) is 15.0 Å². The number of nitrogens with zero attached hydrogens (tertiary/aromatic N) is 1. The number of benzene rings is 1. The highest BCUT2D eigenvalue weighted by atomic mass is 35.5. The minimum Gasteiger partial charge on any atom is -0.395 e. The van der Waals surface area contributed by atoms with Crippen LogP contribution < -0.4 is 0 Å². The Hall–Kier alpha value is -0.650. The topological polar surface area (TPSA) is 41.9 Å². The van der Waals surface area contributed by atoms with Gasteiger partial charge in [-0.05, 0) is 25.5 Å². The highest BCUT2D eigenvalue weighted by Crippen LogP contribution is 2.47. The van der Waals surface area contributed by atoms with Crippen LogP contribution in [0.15, 0.2) is 30.3 Å². The predicted octanol–water partition coefficient (Wildman–Crippen LogP) is 2.54. The Kier molecular flexibility index (Phi) is 5.86. The molecule has 0 amide bonds. The molecule has 2 fully saturated rings. The number of rotatable bonds is 4. The summed E-state index contributed by atoms with van der Waals surface area (Å²) in [6.45, 7) is 2.29. The van der Waals surface area contributed by atoms with Gasteiger partial charge in [-0.15, -0.1) is 12.4 Å². The second-order valence-corrected chi connectivity index (χ2v) is 6.15. The monoisotopic (exact) mass is 327 g/mol.